The number of hydrogen-bond donors (Lipinski definition) is 4. The largest absolute Gasteiger partial charge is 0.481 e. The van der Waals surface area contributed by atoms with Gasteiger partial charge in [0.2, 0.25) is 5.88 Å². The summed E-state index contributed by atoms with van der Waals surface area (Å²) < 4.78 is 78.6. The van der Waals surface area contributed by atoms with Gasteiger partial charge in [-0.1, -0.05) is 51.9 Å². The molecule has 0 aliphatic carbocycles. The predicted molar refractivity (Wildman–Crippen MR) is 119 cm³/mol. The van der Waals surface area contributed by atoms with Crippen LogP contribution in [0, 0.1) is 0 Å². The van der Waals surface area contributed by atoms with Crippen molar-refractivity contribution in [1.29, 1.82) is 0 Å². The lowest BCUT2D eigenvalue weighted by Crippen LogP contribution is -2.50. The Morgan fingerprint density at radius 1 is 1.06 bits per heavy atom. The SMILES string of the molecule is CCCCCCCCCCNCC(C)(O)C(F)(F)F.COc1nc(C(=O)O)c(N)cc1C(F)(F)F. The molecule has 5 N–H and O–H groups in total. The van der Waals surface area contributed by atoms with Crippen LogP contribution >= 0.6 is 0 Å². The fraction of sp³-hybridized carbons (Fsp3) is 0.727. The molecule has 0 amide bonds. The highest BCUT2D eigenvalue weighted by molar-refractivity contribution is 5.91. The Balaban J connectivity index is 0.000000669. The van der Waals surface area contributed by atoms with Gasteiger partial charge in [-0.05, 0) is 26.0 Å². The maximum atomic E-state index is 12.4. The summed E-state index contributed by atoms with van der Waals surface area (Å²) in [7, 11) is 0.958. The van der Waals surface area contributed by atoms with E-state index in [0.29, 0.717) is 12.6 Å². The lowest BCUT2D eigenvalue weighted by atomic mass is 10.1. The number of anilines is 1. The summed E-state index contributed by atoms with van der Waals surface area (Å²) in [5, 5.41) is 20.5. The number of nitrogen functional groups attached to an aromatic ring is 1. The van der Waals surface area contributed by atoms with Crippen molar-refractivity contribution in [2.24, 2.45) is 0 Å². The van der Waals surface area contributed by atoms with E-state index < -0.39 is 53.3 Å². The number of aliphatic hydroxyl groups is 1. The molecule has 1 aromatic heterocycles. The predicted octanol–water partition coefficient (Wildman–Crippen LogP) is 5.42. The second-order valence-corrected chi connectivity index (χ2v) is 8.21. The molecule has 0 spiro atoms. The molecule has 0 saturated heterocycles. The molecule has 1 atom stereocenters. The first kappa shape index (κ1) is 32.7. The highest BCUT2D eigenvalue weighted by Gasteiger charge is 2.49. The normalized spacial score (nSPS) is 13.5. The van der Waals surface area contributed by atoms with E-state index in [0.717, 1.165) is 33.3 Å². The standard InChI is InChI=1S/C14H28F3NO.C8H7F3N2O3/c1-3-4-5-6-7-8-9-10-11-18-12-13(2,19)14(15,16)17;1-16-6-3(8(9,10)11)2-4(12)5(13-6)7(14)15/h18-19H,3-12H2,1-2H3;2H,12H2,1H3,(H,14,15). The van der Waals surface area contributed by atoms with Crippen LogP contribution in [0.2, 0.25) is 0 Å². The zero-order chi connectivity index (χ0) is 27.3. The first-order valence-corrected chi connectivity index (χ1v) is 11.2. The molecule has 1 heterocycles. The molecule has 7 nitrogen and oxygen atoms in total. The molecule has 1 unspecified atom stereocenters. The lowest BCUT2D eigenvalue weighted by Gasteiger charge is -2.26. The quantitative estimate of drug-likeness (QED) is 0.203. The summed E-state index contributed by atoms with van der Waals surface area (Å²) in [5.74, 6) is -2.34. The van der Waals surface area contributed by atoms with E-state index in [1.807, 2.05) is 0 Å². The molecule has 1 aromatic rings. The molecule has 0 radical (unpaired) electrons. The number of rotatable bonds is 13. The van der Waals surface area contributed by atoms with E-state index in [4.69, 9.17) is 10.8 Å². The van der Waals surface area contributed by atoms with Crippen LogP contribution in [0.1, 0.15) is 81.3 Å². The van der Waals surface area contributed by atoms with E-state index in [-0.39, 0.29) is 0 Å². The zero-order valence-corrected chi connectivity index (χ0v) is 20.2. The molecule has 13 heteroatoms. The first-order valence-electron chi connectivity index (χ1n) is 11.2. The monoisotopic (exact) mass is 519 g/mol. The third-order valence-corrected chi connectivity index (χ3v) is 5.01. The molecular formula is C22H35F6N3O4. The number of hydrogen-bond acceptors (Lipinski definition) is 6. The van der Waals surface area contributed by atoms with Crippen molar-refractivity contribution in [3.8, 4) is 5.88 Å². The number of unbranched alkanes of at least 4 members (excludes halogenated alkanes) is 7. The number of ether oxygens (including phenoxy) is 1. The number of aromatic nitrogens is 1. The maximum Gasteiger partial charge on any atom is 0.421 e. The summed E-state index contributed by atoms with van der Waals surface area (Å²) in [6.45, 7) is 3.07. The minimum absolute atomic E-state index is 0.438. The average Bonchev–Trinajstić information content (AvgIpc) is 2.73. The zero-order valence-electron chi connectivity index (χ0n) is 20.2. The van der Waals surface area contributed by atoms with Gasteiger partial charge in [0.25, 0.3) is 0 Å². The van der Waals surface area contributed by atoms with Gasteiger partial charge in [0.05, 0.1) is 12.8 Å². The van der Waals surface area contributed by atoms with Gasteiger partial charge < -0.3 is 26.0 Å². The van der Waals surface area contributed by atoms with Gasteiger partial charge in [-0.2, -0.15) is 26.3 Å². The molecule has 35 heavy (non-hydrogen) atoms. The van der Waals surface area contributed by atoms with Crippen LogP contribution in [0.4, 0.5) is 32.0 Å². The van der Waals surface area contributed by atoms with Crippen molar-refractivity contribution in [3.05, 3.63) is 17.3 Å². The number of carboxylic acids is 1. The third kappa shape index (κ3) is 12.3. The van der Waals surface area contributed by atoms with Crippen LogP contribution in [-0.4, -0.2) is 53.1 Å². The number of carboxylic acid groups (broad SMARTS) is 1. The van der Waals surface area contributed by atoms with E-state index in [1.165, 1.54) is 32.1 Å². The minimum atomic E-state index is -4.70. The average molecular weight is 520 g/mol. The Morgan fingerprint density at radius 3 is 2.00 bits per heavy atom. The highest BCUT2D eigenvalue weighted by atomic mass is 19.4. The van der Waals surface area contributed by atoms with Crippen molar-refractivity contribution < 1.29 is 46.1 Å². The van der Waals surface area contributed by atoms with Gasteiger partial charge in [0.1, 0.15) is 5.56 Å². The van der Waals surface area contributed by atoms with Crippen LogP contribution in [0.3, 0.4) is 0 Å². The summed E-state index contributed by atoms with van der Waals surface area (Å²) in [5.41, 5.74) is 0.0563. The number of nitrogens with zero attached hydrogens (tertiary/aromatic N) is 1. The smallest absolute Gasteiger partial charge is 0.421 e. The van der Waals surface area contributed by atoms with Crippen molar-refractivity contribution >= 4 is 11.7 Å². The van der Waals surface area contributed by atoms with Gasteiger partial charge in [-0.3, -0.25) is 0 Å². The first-order chi connectivity index (χ1) is 16.1. The maximum absolute atomic E-state index is 12.4. The summed E-state index contributed by atoms with van der Waals surface area (Å²) in [6.07, 6.45) is 0.0312. The van der Waals surface area contributed by atoms with Gasteiger partial charge in [-0.25, -0.2) is 9.78 Å². The number of nitrogens with one attached hydrogen (secondary N) is 1. The molecular weight excluding hydrogens is 484 g/mol. The van der Waals surface area contributed by atoms with Gasteiger partial charge in [-0.15, -0.1) is 0 Å². The number of aromatic carboxylic acids is 1. The number of methoxy groups -OCH3 is 1. The molecule has 204 valence electrons. The van der Waals surface area contributed by atoms with Crippen LogP contribution in [0.15, 0.2) is 6.07 Å². The highest BCUT2D eigenvalue weighted by Crippen LogP contribution is 2.36. The van der Waals surface area contributed by atoms with Crippen molar-refractivity contribution in [3.63, 3.8) is 0 Å². The fourth-order valence-electron chi connectivity index (χ4n) is 2.86. The molecule has 0 aliphatic heterocycles. The van der Waals surface area contributed by atoms with Crippen LogP contribution < -0.4 is 15.8 Å². The summed E-state index contributed by atoms with van der Waals surface area (Å²) >= 11 is 0. The Kier molecular flexibility index (Phi) is 14.0. The number of alkyl halides is 6. The van der Waals surface area contributed by atoms with E-state index in [9.17, 15) is 36.2 Å². The second-order valence-electron chi connectivity index (χ2n) is 8.21. The van der Waals surface area contributed by atoms with E-state index in [2.05, 4.69) is 22.0 Å². The van der Waals surface area contributed by atoms with E-state index >= 15 is 0 Å². The molecule has 0 bridgehead atoms. The van der Waals surface area contributed by atoms with Crippen LogP contribution in [0.5, 0.6) is 5.88 Å². The fourth-order valence-corrected chi connectivity index (χ4v) is 2.86. The van der Waals surface area contributed by atoms with Gasteiger partial charge in [0, 0.05) is 6.54 Å². The van der Waals surface area contributed by atoms with Gasteiger partial charge >= 0.3 is 18.3 Å². The molecule has 0 aromatic carbocycles. The Hall–Kier alpha value is -2.28. The lowest BCUT2D eigenvalue weighted by molar-refractivity contribution is -0.250. The van der Waals surface area contributed by atoms with Crippen molar-refractivity contribution in [1.82, 2.24) is 10.3 Å². The minimum Gasteiger partial charge on any atom is -0.481 e. The van der Waals surface area contributed by atoms with Gasteiger partial charge in [0.15, 0.2) is 11.3 Å². The Morgan fingerprint density at radius 2 is 1.57 bits per heavy atom. The van der Waals surface area contributed by atoms with Crippen LogP contribution in [0.25, 0.3) is 0 Å². The summed E-state index contributed by atoms with van der Waals surface area (Å²) in [4.78, 5) is 13.8. The van der Waals surface area contributed by atoms with Crippen molar-refractivity contribution in [2.45, 2.75) is 83.2 Å². The summed E-state index contributed by atoms with van der Waals surface area (Å²) in [6, 6.07) is 0.481. The molecule has 0 saturated carbocycles. The number of nitrogens with two attached hydrogens (primary N) is 1. The molecule has 0 aliphatic rings. The number of carbonyl (C=O) groups is 1. The third-order valence-electron chi connectivity index (χ3n) is 5.01. The van der Waals surface area contributed by atoms with Crippen LogP contribution in [-0.2, 0) is 6.18 Å². The Bertz CT molecular complexity index is 771. The number of pyridine rings is 1. The van der Waals surface area contributed by atoms with E-state index in [1.54, 1.807) is 0 Å². The Labute approximate surface area is 201 Å². The molecule has 0 fully saturated rings. The second kappa shape index (κ2) is 15.0. The molecule has 1 rings (SSSR count). The topological polar surface area (TPSA) is 118 Å². The number of halogens is 6. The van der Waals surface area contributed by atoms with Crippen molar-refractivity contribution in [2.75, 3.05) is 25.9 Å².